The van der Waals surface area contributed by atoms with Crippen molar-refractivity contribution in [2.45, 2.75) is 13.5 Å². The fourth-order valence-electron chi connectivity index (χ4n) is 4.79. The number of nitrogens with one attached hydrogen (secondary N) is 1. The van der Waals surface area contributed by atoms with Crippen molar-refractivity contribution in [2.24, 2.45) is 0 Å². The summed E-state index contributed by atoms with van der Waals surface area (Å²) in [7, 11) is 3.61. The summed E-state index contributed by atoms with van der Waals surface area (Å²) in [5.74, 6) is -3.64. The quantitative estimate of drug-likeness (QED) is 0.409. The van der Waals surface area contributed by atoms with E-state index in [-0.39, 0.29) is 34.9 Å². The molecule has 3 N–H and O–H groups in total. The van der Waals surface area contributed by atoms with Gasteiger partial charge in [-0.1, -0.05) is 6.07 Å². The summed E-state index contributed by atoms with van der Waals surface area (Å²) in [6, 6.07) is 6.32. The highest BCUT2D eigenvalue weighted by Gasteiger charge is 2.28. The van der Waals surface area contributed by atoms with Crippen LogP contribution < -0.4 is 16.2 Å². The number of rotatable bonds is 5. The minimum absolute atomic E-state index is 0.0919. The summed E-state index contributed by atoms with van der Waals surface area (Å²) in [6.45, 7) is 3.70. The predicted octanol–water partition coefficient (Wildman–Crippen LogP) is 3.86. The van der Waals surface area contributed by atoms with Crippen LogP contribution in [0.3, 0.4) is 0 Å². The van der Waals surface area contributed by atoms with Gasteiger partial charge < -0.3 is 25.3 Å². The van der Waals surface area contributed by atoms with E-state index in [0.717, 1.165) is 5.56 Å². The molecule has 3 heterocycles. The van der Waals surface area contributed by atoms with E-state index in [4.69, 9.17) is 10.5 Å². The standard InChI is InChI=1S/C27H27F3N6O2/c1-14-12-32-27(37)17-5-4-15(10-18(14)17)22-26(31)34-25(30)23(33-22)19-11-16(13-35(2)3)24(21(29)20(19)28)36-6-8-38-9-7-36/h4-5,10-12H,6-9,13H2,1-3H3,(H2,31,34)(H,32,37). The number of aryl methyl sites for hydroxylation is 1. The highest BCUT2D eigenvalue weighted by Crippen LogP contribution is 2.37. The summed E-state index contributed by atoms with van der Waals surface area (Å²) < 4.78 is 51.7. The Kier molecular flexibility index (Phi) is 6.80. The molecule has 1 fully saturated rings. The Morgan fingerprint density at radius 3 is 2.50 bits per heavy atom. The average Bonchev–Trinajstić information content (AvgIpc) is 2.89. The van der Waals surface area contributed by atoms with Gasteiger partial charge in [0.1, 0.15) is 11.4 Å². The summed E-state index contributed by atoms with van der Waals surface area (Å²) in [4.78, 5) is 26.5. The minimum Gasteiger partial charge on any atom is -0.382 e. The molecular formula is C27H27F3N6O2. The third kappa shape index (κ3) is 4.59. The van der Waals surface area contributed by atoms with E-state index in [2.05, 4.69) is 15.0 Å². The highest BCUT2D eigenvalue weighted by atomic mass is 19.2. The molecule has 11 heteroatoms. The van der Waals surface area contributed by atoms with Crippen molar-refractivity contribution >= 4 is 22.3 Å². The van der Waals surface area contributed by atoms with Crippen LogP contribution in [0, 0.1) is 24.5 Å². The number of anilines is 2. The monoisotopic (exact) mass is 524 g/mol. The molecule has 0 spiro atoms. The highest BCUT2D eigenvalue weighted by molar-refractivity contribution is 5.90. The fraction of sp³-hybridized carbons (Fsp3) is 0.296. The Balaban J connectivity index is 1.69. The number of nitrogen functional groups attached to an aromatic ring is 1. The van der Waals surface area contributed by atoms with E-state index in [9.17, 15) is 4.79 Å². The lowest BCUT2D eigenvalue weighted by Crippen LogP contribution is -2.38. The molecule has 1 saturated heterocycles. The van der Waals surface area contributed by atoms with E-state index in [0.29, 0.717) is 48.2 Å². The first-order valence-corrected chi connectivity index (χ1v) is 12.1. The number of aromatic amines is 1. The molecule has 198 valence electrons. The van der Waals surface area contributed by atoms with Gasteiger partial charge in [0.15, 0.2) is 17.5 Å². The van der Waals surface area contributed by atoms with Crippen LogP contribution in [0.25, 0.3) is 33.3 Å². The van der Waals surface area contributed by atoms with E-state index in [1.165, 1.54) is 6.07 Å². The first kappa shape index (κ1) is 25.7. The van der Waals surface area contributed by atoms with Gasteiger partial charge in [-0.3, -0.25) is 4.79 Å². The van der Waals surface area contributed by atoms with Gasteiger partial charge in [0.05, 0.1) is 18.9 Å². The lowest BCUT2D eigenvalue weighted by Gasteiger charge is -2.32. The number of fused-ring (bicyclic) bond motifs is 1. The number of pyridine rings is 1. The molecule has 2 aromatic heterocycles. The van der Waals surface area contributed by atoms with Crippen molar-refractivity contribution in [3.8, 4) is 22.5 Å². The normalized spacial score (nSPS) is 14.0. The van der Waals surface area contributed by atoms with Gasteiger partial charge in [0, 0.05) is 42.3 Å². The lowest BCUT2D eigenvalue weighted by atomic mass is 10.0. The van der Waals surface area contributed by atoms with Crippen LogP contribution in [0.5, 0.6) is 0 Å². The summed E-state index contributed by atoms with van der Waals surface area (Å²) in [5, 5.41) is 1.11. The molecule has 0 amide bonds. The van der Waals surface area contributed by atoms with E-state index < -0.39 is 23.3 Å². The van der Waals surface area contributed by atoms with Crippen LogP contribution in [0.1, 0.15) is 11.1 Å². The maximum Gasteiger partial charge on any atom is 0.255 e. The van der Waals surface area contributed by atoms with Gasteiger partial charge in [-0.05, 0) is 55.7 Å². The maximum absolute atomic E-state index is 15.6. The molecule has 0 unspecified atom stereocenters. The van der Waals surface area contributed by atoms with Gasteiger partial charge >= 0.3 is 0 Å². The maximum atomic E-state index is 15.6. The summed E-state index contributed by atoms with van der Waals surface area (Å²) in [5.41, 5.74) is 6.91. The minimum atomic E-state index is -1.22. The number of benzene rings is 2. The van der Waals surface area contributed by atoms with Crippen molar-refractivity contribution in [1.82, 2.24) is 19.9 Å². The molecule has 1 aliphatic rings. The topological polar surface area (TPSA) is 100 Å². The van der Waals surface area contributed by atoms with Crippen LogP contribution in [0.15, 0.2) is 35.3 Å². The molecule has 0 radical (unpaired) electrons. The van der Waals surface area contributed by atoms with E-state index in [1.807, 2.05) is 11.8 Å². The zero-order chi connectivity index (χ0) is 27.1. The number of ether oxygens (including phenoxy) is 1. The SMILES string of the molecule is Cc1c[nH]c(=O)c2ccc(-c3nc(-c4cc(CN(C)C)c(N5CCOCC5)c(F)c4F)c(F)nc3N)cc12. The zero-order valence-corrected chi connectivity index (χ0v) is 21.2. The van der Waals surface area contributed by atoms with Gasteiger partial charge in [0.25, 0.3) is 5.56 Å². The predicted molar refractivity (Wildman–Crippen MR) is 140 cm³/mol. The van der Waals surface area contributed by atoms with Crippen molar-refractivity contribution < 1.29 is 17.9 Å². The summed E-state index contributed by atoms with van der Waals surface area (Å²) >= 11 is 0. The number of hydrogen-bond donors (Lipinski definition) is 2. The molecule has 8 nitrogen and oxygen atoms in total. The molecule has 1 aliphatic heterocycles. The van der Waals surface area contributed by atoms with Gasteiger partial charge in [-0.25, -0.2) is 13.8 Å². The molecule has 4 aromatic rings. The van der Waals surface area contributed by atoms with Crippen molar-refractivity contribution in [1.29, 1.82) is 0 Å². The first-order valence-electron chi connectivity index (χ1n) is 12.1. The van der Waals surface area contributed by atoms with E-state index in [1.54, 1.807) is 43.4 Å². The Morgan fingerprint density at radius 1 is 1.05 bits per heavy atom. The average molecular weight is 525 g/mol. The molecule has 0 atom stereocenters. The molecule has 0 bridgehead atoms. The number of nitrogens with zero attached hydrogens (tertiary/aromatic N) is 4. The Labute approximate surface area is 216 Å². The molecule has 2 aromatic carbocycles. The van der Waals surface area contributed by atoms with Crippen LogP contribution >= 0.6 is 0 Å². The van der Waals surface area contributed by atoms with Gasteiger partial charge in [-0.15, -0.1) is 0 Å². The van der Waals surface area contributed by atoms with Crippen LogP contribution in [0.4, 0.5) is 24.7 Å². The Morgan fingerprint density at radius 2 is 1.79 bits per heavy atom. The third-order valence-electron chi connectivity index (χ3n) is 6.59. The van der Waals surface area contributed by atoms with Crippen LogP contribution in [0.2, 0.25) is 0 Å². The number of hydrogen-bond acceptors (Lipinski definition) is 7. The number of halogens is 3. The van der Waals surface area contributed by atoms with Crippen LogP contribution in [-0.2, 0) is 11.3 Å². The summed E-state index contributed by atoms with van der Waals surface area (Å²) in [6.07, 6.45) is 1.58. The smallest absolute Gasteiger partial charge is 0.255 e. The molecule has 5 rings (SSSR count). The second-order valence-electron chi connectivity index (χ2n) is 9.56. The number of aromatic nitrogens is 3. The number of H-pyrrole nitrogens is 1. The Hall–Kier alpha value is -3.96. The molecule has 0 saturated carbocycles. The Bertz CT molecular complexity index is 1600. The first-order chi connectivity index (χ1) is 18.2. The van der Waals surface area contributed by atoms with Gasteiger partial charge in [0.2, 0.25) is 5.95 Å². The fourth-order valence-corrected chi connectivity index (χ4v) is 4.79. The van der Waals surface area contributed by atoms with Crippen LogP contribution in [-0.4, -0.2) is 60.3 Å². The number of nitrogens with two attached hydrogens (primary N) is 1. The zero-order valence-electron chi connectivity index (χ0n) is 21.2. The van der Waals surface area contributed by atoms with E-state index >= 15 is 13.2 Å². The van der Waals surface area contributed by atoms with Gasteiger partial charge in [-0.2, -0.15) is 9.37 Å². The molecular weight excluding hydrogens is 497 g/mol. The van der Waals surface area contributed by atoms with Crippen molar-refractivity contribution in [3.05, 3.63) is 69.5 Å². The third-order valence-corrected chi connectivity index (χ3v) is 6.59. The second-order valence-corrected chi connectivity index (χ2v) is 9.56. The number of morpholine rings is 1. The molecule has 38 heavy (non-hydrogen) atoms. The largest absolute Gasteiger partial charge is 0.382 e. The van der Waals surface area contributed by atoms with Crippen molar-refractivity contribution in [3.63, 3.8) is 0 Å². The van der Waals surface area contributed by atoms with Crippen molar-refractivity contribution in [2.75, 3.05) is 51.0 Å². The second kappa shape index (κ2) is 10.1. The molecule has 0 aliphatic carbocycles. The lowest BCUT2D eigenvalue weighted by molar-refractivity contribution is 0.122.